The molecule has 30 heavy (non-hydrogen) atoms. The number of esters is 1. The maximum absolute atomic E-state index is 12.6. The van der Waals surface area contributed by atoms with E-state index in [2.05, 4.69) is 20.8 Å². The lowest BCUT2D eigenvalue weighted by atomic mass is 9.98. The van der Waals surface area contributed by atoms with Gasteiger partial charge in [0.25, 0.3) is 0 Å². The van der Waals surface area contributed by atoms with Crippen LogP contribution in [0.3, 0.4) is 0 Å². The van der Waals surface area contributed by atoms with Gasteiger partial charge in [-0.05, 0) is 66.5 Å². The minimum atomic E-state index is -0.396. The third kappa shape index (κ3) is 5.05. The highest BCUT2D eigenvalue weighted by molar-refractivity contribution is 9.10. The molecule has 1 aromatic heterocycles. The normalized spacial score (nSPS) is 16.9. The van der Waals surface area contributed by atoms with Gasteiger partial charge < -0.3 is 18.6 Å². The summed E-state index contributed by atoms with van der Waals surface area (Å²) < 4.78 is 22.1. The van der Waals surface area contributed by atoms with Crippen LogP contribution in [-0.4, -0.2) is 44.8 Å². The van der Waals surface area contributed by atoms with Crippen LogP contribution >= 0.6 is 15.9 Å². The quantitative estimate of drug-likeness (QED) is 0.557. The van der Waals surface area contributed by atoms with E-state index in [9.17, 15) is 9.59 Å². The third-order valence-corrected chi connectivity index (χ3v) is 5.81. The number of likely N-dealkylation sites (tertiary alicyclic amines) is 1. The molecule has 0 N–H and O–H groups in total. The molecule has 1 saturated heterocycles. The van der Waals surface area contributed by atoms with E-state index < -0.39 is 5.63 Å². The number of carbonyl (C=O) groups excluding carboxylic acids is 1. The zero-order valence-electron chi connectivity index (χ0n) is 17.4. The molecule has 162 valence electrons. The number of carbonyl (C=O) groups is 1. The molecule has 3 rings (SSSR count). The maximum Gasteiger partial charge on any atom is 0.340 e. The number of methoxy groups -OCH3 is 2. The van der Waals surface area contributed by atoms with Gasteiger partial charge in [-0.2, -0.15) is 0 Å². The van der Waals surface area contributed by atoms with Crippen LogP contribution in [0.5, 0.6) is 11.5 Å². The average Bonchev–Trinajstić information content (AvgIpc) is 2.75. The van der Waals surface area contributed by atoms with Gasteiger partial charge in [-0.1, -0.05) is 0 Å². The molecule has 1 fully saturated rings. The second kappa shape index (κ2) is 10.1. The van der Waals surface area contributed by atoms with Crippen LogP contribution in [0, 0.1) is 5.92 Å². The smallest absolute Gasteiger partial charge is 0.340 e. The number of rotatable bonds is 7. The average molecular weight is 480 g/mol. The molecule has 0 saturated carbocycles. The summed E-state index contributed by atoms with van der Waals surface area (Å²) in [6, 6.07) is 7.08. The standard InChI is InChI=1S/C22H26BrNO6/c1-4-29-21(25)14-6-5-9-24(12-14)13-15-7-8-18(30-22(15)26)16-10-19(27-2)20(28-3)11-17(16)23/h7-8,10-11,14H,4-6,9,12-13H2,1-3H3. The Morgan fingerprint density at radius 3 is 2.63 bits per heavy atom. The Kier molecular flexibility index (Phi) is 7.55. The SMILES string of the molecule is CCOC(=O)C1CCCN(Cc2ccc(-c3cc(OC)c(OC)cc3Br)oc2=O)C1. The molecular weight excluding hydrogens is 454 g/mol. The van der Waals surface area contributed by atoms with Gasteiger partial charge in [-0.25, -0.2) is 4.79 Å². The summed E-state index contributed by atoms with van der Waals surface area (Å²) in [6.45, 7) is 4.04. The van der Waals surface area contributed by atoms with Crippen LogP contribution < -0.4 is 15.1 Å². The van der Waals surface area contributed by atoms with Gasteiger partial charge in [0.05, 0.1) is 32.3 Å². The molecule has 1 unspecified atom stereocenters. The molecule has 0 radical (unpaired) electrons. The molecule has 7 nitrogen and oxygen atoms in total. The summed E-state index contributed by atoms with van der Waals surface area (Å²) >= 11 is 3.49. The second-order valence-electron chi connectivity index (χ2n) is 7.13. The first-order valence-electron chi connectivity index (χ1n) is 9.90. The highest BCUT2D eigenvalue weighted by Crippen LogP contribution is 2.38. The van der Waals surface area contributed by atoms with E-state index in [1.807, 2.05) is 6.92 Å². The molecule has 2 aromatic rings. The van der Waals surface area contributed by atoms with Gasteiger partial charge in [0.2, 0.25) is 0 Å². The van der Waals surface area contributed by atoms with Crippen molar-refractivity contribution in [2.45, 2.75) is 26.3 Å². The zero-order chi connectivity index (χ0) is 21.7. The first-order chi connectivity index (χ1) is 14.5. The van der Waals surface area contributed by atoms with Gasteiger partial charge in [0.1, 0.15) is 5.76 Å². The first kappa shape index (κ1) is 22.4. The van der Waals surface area contributed by atoms with E-state index in [-0.39, 0.29) is 11.9 Å². The van der Waals surface area contributed by atoms with E-state index in [1.54, 1.807) is 38.5 Å². The minimum Gasteiger partial charge on any atom is -0.493 e. The van der Waals surface area contributed by atoms with Gasteiger partial charge in [0, 0.05) is 23.1 Å². The predicted molar refractivity (Wildman–Crippen MR) is 116 cm³/mol. The lowest BCUT2D eigenvalue weighted by Gasteiger charge is -2.31. The van der Waals surface area contributed by atoms with E-state index >= 15 is 0 Å². The first-order valence-corrected chi connectivity index (χ1v) is 10.7. The van der Waals surface area contributed by atoms with Crippen molar-refractivity contribution in [1.82, 2.24) is 4.90 Å². The van der Waals surface area contributed by atoms with Crippen LogP contribution in [0.4, 0.5) is 0 Å². The summed E-state index contributed by atoms with van der Waals surface area (Å²) in [7, 11) is 3.11. The molecule has 8 heteroatoms. The topological polar surface area (TPSA) is 78.2 Å². The highest BCUT2D eigenvalue weighted by atomic mass is 79.9. The molecular formula is C22H26BrNO6. The largest absolute Gasteiger partial charge is 0.493 e. The maximum atomic E-state index is 12.6. The van der Waals surface area contributed by atoms with Crippen LogP contribution in [0.25, 0.3) is 11.3 Å². The molecule has 1 atom stereocenters. The van der Waals surface area contributed by atoms with Gasteiger partial charge >= 0.3 is 11.6 Å². The number of ether oxygens (including phenoxy) is 3. The Morgan fingerprint density at radius 1 is 1.23 bits per heavy atom. The van der Waals surface area contributed by atoms with Gasteiger partial charge in [0.15, 0.2) is 11.5 Å². The zero-order valence-corrected chi connectivity index (χ0v) is 19.0. The second-order valence-corrected chi connectivity index (χ2v) is 7.98. The van der Waals surface area contributed by atoms with Gasteiger partial charge in [-0.3, -0.25) is 9.69 Å². The Bertz CT molecular complexity index is 957. The molecule has 0 aliphatic carbocycles. The van der Waals surface area contributed by atoms with Crippen molar-refractivity contribution >= 4 is 21.9 Å². The highest BCUT2D eigenvalue weighted by Gasteiger charge is 2.27. The van der Waals surface area contributed by atoms with Crippen LogP contribution in [-0.2, 0) is 16.1 Å². The third-order valence-electron chi connectivity index (χ3n) is 5.16. The lowest BCUT2D eigenvalue weighted by molar-refractivity contribution is -0.150. The van der Waals surface area contributed by atoms with Crippen LogP contribution in [0.2, 0.25) is 0 Å². The number of hydrogen-bond acceptors (Lipinski definition) is 7. The number of nitrogens with zero attached hydrogens (tertiary/aromatic N) is 1. The lowest BCUT2D eigenvalue weighted by Crippen LogP contribution is -2.39. The number of piperidine rings is 1. The number of hydrogen-bond donors (Lipinski definition) is 0. The van der Waals surface area contributed by atoms with Crippen molar-refractivity contribution < 1.29 is 23.4 Å². The van der Waals surface area contributed by atoms with Crippen molar-refractivity contribution in [1.29, 1.82) is 0 Å². The molecule has 1 aliphatic heterocycles. The van der Waals surface area contributed by atoms with Crippen molar-refractivity contribution in [3.05, 3.63) is 44.7 Å². The fourth-order valence-electron chi connectivity index (χ4n) is 3.64. The molecule has 1 aromatic carbocycles. The predicted octanol–water partition coefficient (Wildman–Crippen LogP) is 3.86. The summed E-state index contributed by atoms with van der Waals surface area (Å²) in [4.78, 5) is 26.8. The Labute approximate surface area is 184 Å². The summed E-state index contributed by atoms with van der Waals surface area (Å²) in [5.74, 6) is 1.24. The summed E-state index contributed by atoms with van der Waals surface area (Å²) in [6.07, 6.45) is 1.71. The fourth-order valence-corrected chi connectivity index (χ4v) is 4.16. The van der Waals surface area contributed by atoms with Crippen molar-refractivity contribution in [3.63, 3.8) is 0 Å². The monoisotopic (exact) mass is 479 g/mol. The Hall–Kier alpha value is -2.32. The minimum absolute atomic E-state index is 0.146. The van der Waals surface area contributed by atoms with E-state index in [0.29, 0.717) is 48.1 Å². The number of halogens is 1. The summed E-state index contributed by atoms with van der Waals surface area (Å²) in [5, 5.41) is 0. The Balaban J connectivity index is 1.78. The van der Waals surface area contributed by atoms with E-state index in [0.717, 1.165) is 23.9 Å². The van der Waals surface area contributed by atoms with E-state index in [4.69, 9.17) is 18.6 Å². The fraction of sp³-hybridized carbons (Fsp3) is 0.455. The van der Waals surface area contributed by atoms with Crippen LogP contribution in [0.15, 0.2) is 37.9 Å². The molecule has 1 aliphatic rings. The van der Waals surface area contributed by atoms with Crippen molar-refractivity contribution in [2.24, 2.45) is 5.92 Å². The Morgan fingerprint density at radius 2 is 1.97 bits per heavy atom. The number of benzene rings is 1. The molecule has 0 bridgehead atoms. The van der Waals surface area contributed by atoms with Crippen molar-refractivity contribution in [2.75, 3.05) is 33.9 Å². The molecule has 2 heterocycles. The molecule has 0 spiro atoms. The summed E-state index contributed by atoms with van der Waals surface area (Å²) in [5.41, 5.74) is 0.851. The van der Waals surface area contributed by atoms with E-state index in [1.165, 1.54) is 0 Å². The molecule has 0 amide bonds. The van der Waals surface area contributed by atoms with Crippen molar-refractivity contribution in [3.8, 4) is 22.8 Å². The van der Waals surface area contributed by atoms with Crippen LogP contribution in [0.1, 0.15) is 25.3 Å². The van der Waals surface area contributed by atoms with Gasteiger partial charge in [-0.15, -0.1) is 0 Å².